The predicted molar refractivity (Wildman–Crippen MR) is 92.4 cm³/mol. The smallest absolute Gasteiger partial charge is 0.273 e. The first-order valence-corrected chi connectivity index (χ1v) is 8.39. The highest BCUT2D eigenvalue weighted by molar-refractivity contribution is 5.93. The molecule has 0 spiro atoms. The molecule has 1 saturated heterocycles. The van der Waals surface area contributed by atoms with Crippen LogP contribution in [0.2, 0.25) is 0 Å². The molecule has 0 bridgehead atoms. The topological polar surface area (TPSA) is 95.0 Å². The van der Waals surface area contributed by atoms with E-state index in [9.17, 15) is 14.9 Å². The molecule has 8 nitrogen and oxygen atoms in total. The molecule has 0 N–H and O–H groups in total. The first kappa shape index (κ1) is 18.1. The summed E-state index contributed by atoms with van der Waals surface area (Å²) in [4.78, 5) is 24.7. The number of Topliss-reactive ketones (excluding diaryl/α,β-unsaturated/α-hetero) is 1. The van der Waals surface area contributed by atoms with Crippen molar-refractivity contribution >= 4 is 11.5 Å². The van der Waals surface area contributed by atoms with Gasteiger partial charge in [0.05, 0.1) is 30.5 Å². The van der Waals surface area contributed by atoms with Gasteiger partial charge in [-0.25, -0.2) is 0 Å². The summed E-state index contributed by atoms with van der Waals surface area (Å²) >= 11 is 0. The van der Waals surface area contributed by atoms with Crippen molar-refractivity contribution in [2.45, 2.75) is 12.5 Å². The van der Waals surface area contributed by atoms with Crippen LogP contribution in [0.15, 0.2) is 47.1 Å². The first-order valence-electron chi connectivity index (χ1n) is 8.39. The van der Waals surface area contributed by atoms with Gasteiger partial charge in [0.1, 0.15) is 12.4 Å². The van der Waals surface area contributed by atoms with Crippen LogP contribution in [0.4, 0.5) is 5.69 Å². The Labute approximate surface area is 150 Å². The van der Waals surface area contributed by atoms with E-state index in [2.05, 4.69) is 4.90 Å². The molecule has 0 unspecified atom stereocenters. The zero-order valence-corrected chi connectivity index (χ0v) is 14.2. The number of carbonyl (C=O) groups is 1. The van der Waals surface area contributed by atoms with Crippen LogP contribution in [-0.4, -0.2) is 54.6 Å². The zero-order valence-electron chi connectivity index (χ0n) is 14.2. The lowest BCUT2D eigenvalue weighted by molar-refractivity contribution is -0.384. The molecule has 138 valence electrons. The number of carbonyl (C=O) groups excluding carboxylic acids is 1. The highest BCUT2D eigenvalue weighted by atomic mass is 16.6. The molecule has 2 aromatic rings. The maximum absolute atomic E-state index is 12.2. The average Bonchev–Trinajstić information content (AvgIpc) is 3.18. The number of ether oxygens (including phenoxy) is 2. The van der Waals surface area contributed by atoms with Crippen LogP contribution in [0.1, 0.15) is 17.0 Å². The zero-order chi connectivity index (χ0) is 18.4. The molecule has 1 aliphatic heterocycles. The molecule has 0 saturated carbocycles. The fourth-order valence-corrected chi connectivity index (χ4v) is 2.89. The fourth-order valence-electron chi connectivity index (χ4n) is 2.89. The van der Waals surface area contributed by atoms with Crippen molar-refractivity contribution in [3.63, 3.8) is 0 Å². The standard InChI is InChI=1S/C18H20N2O6/c21-17(18-5-2-8-26-18)12-15-13-24-9-6-19(15)7-10-25-16-4-1-3-14(11-16)20(22)23/h1-5,8,11,15H,6-7,9-10,12-13H2/t15-/m1/s1. The summed E-state index contributed by atoms with van der Waals surface area (Å²) < 4.78 is 16.3. The lowest BCUT2D eigenvalue weighted by Crippen LogP contribution is -2.47. The van der Waals surface area contributed by atoms with Crippen molar-refractivity contribution in [1.82, 2.24) is 4.90 Å². The van der Waals surface area contributed by atoms with E-state index in [1.165, 1.54) is 18.4 Å². The van der Waals surface area contributed by atoms with Crippen LogP contribution in [-0.2, 0) is 4.74 Å². The van der Waals surface area contributed by atoms with Gasteiger partial charge in [-0.15, -0.1) is 0 Å². The summed E-state index contributed by atoms with van der Waals surface area (Å²) in [5.41, 5.74) is -0.00389. The van der Waals surface area contributed by atoms with Gasteiger partial charge in [-0.2, -0.15) is 0 Å². The van der Waals surface area contributed by atoms with Gasteiger partial charge in [-0.05, 0) is 18.2 Å². The lowest BCUT2D eigenvalue weighted by Gasteiger charge is -2.34. The number of rotatable bonds is 8. The molecule has 0 aliphatic carbocycles. The Morgan fingerprint density at radius 1 is 1.35 bits per heavy atom. The van der Waals surface area contributed by atoms with Crippen LogP contribution in [0, 0.1) is 10.1 Å². The summed E-state index contributed by atoms with van der Waals surface area (Å²) in [5.74, 6) is 0.745. The van der Waals surface area contributed by atoms with Crippen molar-refractivity contribution in [2.24, 2.45) is 0 Å². The van der Waals surface area contributed by atoms with Gasteiger partial charge in [-0.1, -0.05) is 6.07 Å². The number of morpholine rings is 1. The Balaban J connectivity index is 1.53. The average molecular weight is 360 g/mol. The first-order chi connectivity index (χ1) is 12.6. The van der Waals surface area contributed by atoms with E-state index in [0.29, 0.717) is 50.8 Å². The molecule has 26 heavy (non-hydrogen) atoms. The van der Waals surface area contributed by atoms with E-state index in [1.54, 1.807) is 24.3 Å². The molecular weight excluding hydrogens is 340 g/mol. The van der Waals surface area contributed by atoms with E-state index >= 15 is 0 Å². The van der Waals surface area contributed by atoms with Crippen LogP contribution >= 0.6 is 0 Å². The number of nitrogens with zero attached hydrogens (tertiary/aromatic N) is 2. The van der Waals surface area contributed by atoms with Crippen molar-refractivity contribution < 1.29 is 23.6 Å². The molecule has 1 aromatic heterocycles. The largest absolute Gasteiger partial charge is 0.492 e. The number of non-ortho nitro benzene ring substituents is 1. The summed E-state index contributed by atoms with van der Waals surface area (Å²) in [7, 11) is 0. The van der Waals surface area contributed by atoms with Gasteiger partial charge in [0.2, 0.25) is 0 Å². The number of nitro benzene ring substituents is 1. The van der Waals surface area contributed by atoms with E-state index < -0.39 is 4.92 Å². The molecule has 1 fully saturated rings. The Morgan fingerprint density at radius 3 is 3.00 bits per heavy atom. The SMILES string of the molecule is O=C(C[C@@H]1COCCN1CCOc1cccc([N+](=O)[O-])c1)c1ccco1. The molecule has 2 heterocycles. The van der Waals surface area contributed by atoms with Crippen LogP contribution in [0.25, 0.3) is 0 Å². The van der Waals surface area contributed by atoms with E-state index in [4.69, 9.17) is 13.9 Å². The van der Waals surface area contributed by atoms with E-state index in [0.717, 1.165) is 0 Å². The number of benzene rings is 1. The molecule has 1 atom stereocenters. The Kier molecular flexibility index (Phi) is 5.98. The van der Waals surface area contributed by atoms with E-state index in [1.807, 2.05) is 0 Å². The molecule has 8 heteroatoms. The summed E-state index contributed by atoms with van der Waals surface area (Å²) in [5, 5.41) is 10.8. The molecular formula is C18H20N2O6. The third kappa shape index (κ3) is 4.68. The third-order valence-electron chi connectivity index (χ3n) is 4.24. The van der Waals surface area contributed by atoms with Gasteiger partial charge < -0.3 is 13.9 Å². The van der Waals surface area contributed by atoms with Gasteiger partial charge in [-0.3, -0.25) is 19.8 Å². The number of hydrogen-bond donors (Lipinski definition) is 0. The van der Waals surface area contributed by atoms with Crippen LogP contribution < -0.4 is 4.74 Å². The van der Waals surface area contributed by atoms with Gasteiger partial charge in [0.15, 0.2) is 11.5 Å². The minimum absolute atomic E-state index is 0.00389. The number of nitro groups is 1. The second-order valence-electron chi connectivity index (χ2n) is 5.97. The Hall–Kier alpha value is -2.71. The third-order valence-corrected chi connectivity index (χ3v) is 4.24. The van der Waals surface area contributed by atoms with Gasteiger partial charge >= 0.3 is 0 Å². The highest BCUT2D eigenvalue weighted by Crippen LogP contribution is 2.19. The second-order valence-corrected chi connectivity index (χ2v) is 5.97. The van der Waals surface area contributed by atoms with E-state index in [-0.39, 0.29) is 17.5 Å². The van der Waals surface area contributed by atoms with Gasteiger partial charge in [0.25, 0.3) is 5.69 Å². The van der Waals surface area contributed by atoms with Gasteiger partial charge in [0, 0.05) is 31.6 Å². The van der Waals surface area contributed by atoms with Crippen molar-refractivity contribution in [3.8, 4) is 5.75 Å². The lowest BCUT2D eigenvalue weighted by atomic mass is 10.1. The predicted octanol–water partition coefficient (Wildman–Crippen LogP) is 2.54. The maximum Gasteiger partial charge on any atom is 0.273 e. The quantitative estimate of drug-likeness (QED) is 0.405. The monoisotopic (exact) mass is 360 g/mol. The number of hydrogen-bond acceptors (Lipinski definition) is 7. The van der Waals surface area contributed by atoms with Crippen molar-refractivity contribution in [2.75, 3.05) is 32.9 Å². The second kappa shape index (κ2) is 8.59. The van der Waals surface area contributed by atoms with Crippen molar-refractivity contribution in [1.29, 1.82) is 0 Å². The summed E-state index contributed by atoms with van der Waals surface area (Å²) in [6, 6.07) is 9.39. The molecule has 0 amide bonds. The highest BCUT2D eigenvalue weighted by Gasteiger charge is 2.26. The summed E-state index contributed by atoms with van der Waals surface area (Å²) in [6.45, 7) is 2.74. The molecule has 0 radical (unpaired) electrons. The van der Waals surface area contributed by atoms with Crippen LogP contribution in [0.3, 0.4) is 0 Å². The summed E-state index contributed by atoms with van der Waals surface area (Å²) in [6.07, 6.45) is 1.79. The number of ketones is 1. The van der Waals surface area contributed by atoms with Crippen LogP contribution in [0.5, 0.6) is 5.75 Å². The maximum atomic E-state index is 12.2. The Morgan fingerprint density at radius 2 is 2.23 bits per heavy atom. The molecule has 1 aliphatic rings. The normalized spacial score (nSPS) is 17.8. The number of furan rings is 1. The Bertz CT molecular complexity index is 746. The molecule has 3 rings (SSSR count). The minimum atomic E-state index is -0.453. The minimum Gasteiger partial charge on any atom is -0.492 e. The fraction of sp³-hybridized carbons (Fsp3) is 0.389. The van der Waals surface area contributed by atoms with Crippen molar-refractivity contribution in [3.05, 3.63) is 58.5 Å². The molecule has 1 aromatic carbocycles.